The first-order valence-electron chi connectivity index (χ1n) is 9.39. The summed E-state index contributed by atoms with van der Waals surface area (Å²) in [6.45, 7) is 1.19. The van der Waals surface area contributed by atoms with E-state index in [1.165, 1.54) is 26.3 Å². The maximum atomic E-state index is 13.4. The van der Waals surface area contributed by atoms with Gasteiger partial charge in [-0.2, -0.15) is 0 Å². The first-order chi connectivity index (χ1) is 15.8. The number of amides is 1. The number of aromatic nitrogens is 2. The fourth-order valence-electron chi connectivity index (χ4n) is 2.90. The maximum Gasteiger partial charge on any atom is 0.308 e. The molecule has 0 aliphatic carbocycles. The number of anilines is 1. The molecule has 0 atom stereocenters. The van der Waals surface area contributed by atoms with Gasteiger partial charge >= 0.3 is 5.97 Å². The topological polar surface area (TPSA) is 99.6 Å². The molecule has 8 nitrogen and oxygen atoms in total. The molecule has 0 saturated carbocycles. The van der Waals surface area contributed by atoms with E-state index in [1.807, 2.05) is 0 Å². The first kappa shape index (κ1) is 22.1. The predicted molar refractivity (Wildman–Crippen MR) is 116 cm³/mol. The van der Waals surface area contributed by atoms with E-state index in [4.69, 9.17) is 14.2 Å². The fraction of sp³-hybridized carbons (Fsp3) is 0.0909. The zero-order valence-corrected chi connectivity index (χ0v) is 18.0. The van der Waals surface area contributed by atoms with Crippen molar-refractivity contribution < 1.29 is 32.6 Å². The molecule has 2 aromatic carbocycles. The highest BCUT2D eigenvalue weighted by Gasteiger charge is 2.22. The summed E-state index contributed by atoms with van der Waals surface area (Å²) in [6, 6.07) is 9.18. The highest BCUT2D eigenvalue weighted by Crippen LogP contribution is 2.33. The van der Waals surface area contributed by atoms with E-state index < -0.39 is 23.5 Å². The Morgan fingerprint density at radius 2 is 1.79 bits per heavy atom. The molecule has 2 aromatic heterocycles. The Hall–Kier alpha value is -4.12. The van der Waals surface area contributed by atoms with Crippen LogP contribution in [-0.4, -0.2) is 29.0 Å². The van der Waals surface area contributed by atoms with Crippen molar-refractivity contribution in [2.75, 3.05) is 12.4 Å². The van der Waals surface area contributed by atoms with E-state index >= 15 is 0 Å². The van der Waals surface area contributed by atoms with Crippen LogP contribution in [0.5, 0.6) is 23.0 Å². The van der Waals surface area contributed by atoms with Gasteiger partial charge in [-0.05, 0) is 12.1 Å². The SMILES string of the molecule is COc1ccnc(C(=O)Nc2nc3ccc(Oc4cc(F)cc(F)c4)cc3s2)c1OC(C)=O. The van der Waals surface area contributed by atoms with Gasteiger partial charge in [-0.3, -0.25) is 14.9 Å². The van der Waals surface area contributed by atoms with Crippen LogP contribution in [0.25, 0.3) is 10.2 Å². The average Bonchev–Trinajstić information content (AvgIpc) is 3.14. The van der Waals surface area contributed by atoms with Gasteiger partial charge in [0.2, 0.25) is 5.75 Å². The number of hydrogen-bond acceptors (Lipinski definition) is 8. The van der Waals surface area contributed by atoms with Crippen LogP contribution in [0.3, 0.4) is 0 Å². The standard InChI is InChI=1S/C22H15F2N3O5S/c1-11(28)31-20-17(30-2)5-6-25-19(20)21(29)27-22-26-16-4-3-14(10-18(16)33-22)32-15-8-12(23)7-13(24)9-15/h3-10H,1-2H3,(H,26,27,29). The number of hydrogen-bond donors (Lipinski definition) is 1. The molecule has 0 aliphatic heterocycles. The van der Waals surface area contributed by atoms with Crippen molar-refractivity contribution in [1.82, 2.24) is 9.97 Å². The molecule has 1 N–H and O–H groups in total. The van der Waals surface area contributed by atoms with E-state index in [-0.39, 0.29) is 28.1 Å². The molecular formula is C22H15F2N3O5S. The van der Waals surface area contributed by atoms with E-state index in [2.05, 4.69) is 15.3 Å². The Labute approximate surface area is 189 Å². The molecule has 0 fully saturated rings. The van der Waals surface area contributed by atoms with Gasteiger partial charge < -0.3 is 14.2 Å². The largest absolute Gasteiger partial charge is 0.493 e. The number of pyridine rings is 1. The van der Waals surface area contributed by atoms with Crippen LogP contribution < -0.4 is 19.5 Å². The Bertz CT molecular complexity index is 1360. The molecular weight excluding hydrogens is 456 g/mol. The average molecular weight is 471 g/mol. The van der Waals surface area contributed by atoms with Crippen molar-refractivity contribution in [2.45, 2.75) is 6.92 Å². The lowest BCUT2D eigenvalue weighted by Crippen LogP contribution is -2.17. The van der Waals surface area contributed by atoms with Crippen molar-refractivity contribution in [3.63, 3.8) is 0 Å². The smallest absolute Gasteiger partial charge is 0.308 e. The minimum absolute atomic E-state index is 0.00647. The van der Waals surface area contributed by atoms with Gasteiger partial charge in [-0.15, -0.1) is 0 Å². The molecule has 0 radical (unpaired) electrons. The monoisotopic (exact) mass is 471 g/mol. The van der Waals surface area contributed by atoms with Crippen LogP contribution in [0.4, 0.5) is 13.9 Å². The van der Waals surface area contributed by atoms with Crippen LogP contribution in [0, 0.1) is 11.6 Å². The zero-order valence-electron chi connectivity index (χ0n) is 17.2. The summed E-state index contributed by atoms with van der Waals surface area (Å²) in [7, 11) is 1.37. The minimum atomic E-state index is -0.756. The van der Waals surface area contributed by atoms with Crippen LogP contribution in [0.15, 0.2) is 48.7 Å². The third-order valence-electron chi connectivity index (χ3n) is 4.20. The number of nitrogens with zero attached hydrogens (tertiary/aromatic N) is 2. The molecule has 33 heavy (non-hydrogen) atoms. The molecule has 0 unspecified atom stereocenters. The Morgan fingerprint density at radius 3 is 2.48 bits per heavy atom. The van der Waals surface area contributed by atoms with Crippen molar-refractivity contribution in [2.24, 2.45) is 0 Å². The molecule has 0 bridgehead atoms. The molecule has 168 valence electrons. The summed E-state index contributed by atoms with van der Waals surface area (Å²) in [5.74, 6) is -2.40. The van der Waals surface area contributed by atoms with Crippen molar-refractivity contribution in [3.8, 4) is 23.0 Å². The number of fused-ring (bicyclic) bond motifs is 1. The number of benzene rings is 2. The van der Waals surface area contributed by atoms with Gasteiger partial charge in [0.05, 0.1) is 17.3 Å². The number of carbonyl (C=O) groups excluding carboxylic acids is 2. The summed E-state index contributed by atoms with van der Waals surface area (Å²) >= 11 is 1.14. The molecule has 11 heteroatoms. The van der Waals surface area contributed by atoms with Gasteiger partial charge in [0.1, 0.15) is 23.1 Å². The summed E-state index contributed by atoms with van der Waals surface area (Å²) < 4.78 is 43.2. The van der Waals surface area contributed by atoms with Gasteiger partial charge in [0.15, 0.2) is 16.6 Å². The van der Waals surface area contributed by atoms with Crippen LogP contribution in [0.2, 0.25) is 0 Å². The van der Waals surface area contributed by atoms with Gasteiger partial charge in [0.25, 0.3) is 5.91 Å². The van der Waals surface area contributed by atoms with Crippen LogP contribution in [0.1, 0.15) is 17.4 Å². The number of thiazole rings is 1. The molecule has 1 amide bonds. The Balaban J connectivity index is 1.57. The van der Waals surface area contributed by atoms with Gasteiger partial charge in [0, 0.05) is 43.5 Å². The number of ether oxygens (including phenoxy) is 3. The Morgan fingerprint density at radius 1 is 1.03 bits per heavy atom. The fourth-order valence-corrected chi connectivity index (χ4v) is 3.79. The molecule has 0 aliphatic rings. The maximum absolute atomic E-state index is 13.4. The summed E-state index contributed by atoms with van der Waals surface area (Å²) in [6.07, 6.45) is 1.35. The zero-order chi connectivity index (χ0) is 23.5. The molecule has 2 heterocycles. The minimum Gasteiger partial charge on any atom is -0.493 e. The third kappa shape index (κ3) is 5.04. The second-order valence-electron chi connectivity index (χ2n) is 6.59. The van der Waals surface area contributed by atoms with Crippen molar-refractivity contribution in [1.29, 1.82) is 0 Å². The Kier molecular flexibility index (Phi) is 6.13. The van der Waals surface area contributed by atoms with Gasteiger partial charge in [-0.1, -0.05) is 11.3 Å². The first-order valence-corrected chi connectivity index (χ1v) is 10.2. The van der Waals surface area contributed by atoms with E-state index in [1.54, 1.807) is 18.2 Å². The quantitative estimate of drug-likeness (QED) is 0.397. The lowest BCUT2D eigenvalue weighted by Gasteiger charge is -2.11. The second kappa shape index (κ2) is 9.17. The number of rotatable bonds is 6. The van der Waals surface area contributed by atoms with Crippen LogP contribution in [-0.2, 0) is 4.79 Å². The predicted octanol–water partition coefficient (Wildman–Crippen LogP) is 4.95. The van der Waals surface area contributed by atoms with E-state index in [9.17, 15) is 18.4 Å². The van der Waals surface area contributed by atoms with Crippen LogP contribution >= 0.6 is 11.3 Å². The number of carbonyl (C=O) groups is 2. The normalized spacial score (nSPS) is 10.7. The van der Waals surface area contributed by atoms with Crippen molar-refractivity contribution >= 4 is 38.6 Å². The molecule has 4 aromatic rings. The molecule has 0 saturated heterocycles. The number of nitrogens with one attached hydrogen (secondary N) is 1. The van der Waals surface area contributed by atoms with E-state index in [0.717, 1.165) is 29.5 Å². The third-order valence-corrected chi connectivity index (χ3v) is 5.13. The number of esters is 1. The highest BCUT2D eigenvalue weighted by molar-refractivity contribution is 7.22. The number of halogens is 2. The van der Waals surface area contributed by atoms with E-state index in [0.29, 0.717) is 16.0 Å². The molecule has 4 rings (SSSR count). The highest BCUT2D eigenvalue weighted by atomic mass is 32.1. The lowest BCUT2D eigenvalue weighted by atomic mass is 10.3. The number of methoxy groups -OCH3 is 1. The summed E-state index contributed by atoms with van der Waals surface area (Å²) in [5.41, 5.74) is 0.410. The second-order valence-corrected chi connectivity index (χ2v) is 7.63. The molecule has 0 spiro atoms. The van der Waals surface area contributed by atoms with Gasteiger partial charge in [-0.25, -0.2) is 18.7 Å². The summed E-state index contributed by atoms with van der Waals surface area (Å²) in [4.78, 5) is 32.5. The van der Waals surface area contributed by atoms with Crippen molar-refractivity contribution in [3.05, 3.63) is 66.0 Å². The lowest BCUT2D eigenvalue weighted by molar-refractivity contribution is -0.132. The summed E-state index contributed by atoms with van der Waals surface area (Å²) in [5, 5.41) is 2.87.